The molecule has 0 aromatic carbocycles. The number of aromatic nitrogens is 2. The molecule has 4 nitrogen and oxygen atoms in total. The summed E-state index contributed by atoms with van der Waals surface area (Å²) < 4.78 is 6.10. The SMILES string of the molecule is COCCNC(c1cncc(Br)c1)c1nc(C(C)C)cs1. The minimum absolute atomic E-state index is 0.0441. The summed E-state index contributed by atoms with van der Waals surface area (Å²) in [5.41, 5.74) is 2.24. The Labute approximate surface area is 138 Å². The average molecular weight is 370 g/mol. The molecule has 2 rings (SSSR count). The fourth-order valence-electron chi connectivity index (χ4n) is 1.94. The van der Waals surface area contributed by atoms with Crippen molar-refractivity contribution in [2.45, 2.75) is 25.8 Å². The van der Waals surface area contributed by atoms with Crippen molar-refractivity contribution >= 4 is 27.3 Å². The lowest BCUT2D eigenvalue weighted by molar-refractivity contribution is 0.197. The summed E-state index contributed by atoms with van der Waals surface area (Å²) in [5, 5.41) is 6.69. The molecule has 114 valence electrons. The van der Waals surface area contributed by atoms with Gasteiger partial charge in [-0.2, -0.15) is 0 Å². The Bertz CT molecular complexity index is 574. The van der Waals surface area contributed by atoms with E-state index in [0.717, 1.165) is 27.3 Å². The van der Waals surface area contributed by atoms with Crippen LogP contribution in [0.4, 0.5) is 0 Å². The summed E-state index contributed by atoms with van der Waals surface area (Å²) in [6.07, 6.45) is 3.67. The van der Waals surface area contributed by atoms with Gasteiger partial charge in [-0.3, -0.25) is 4.98 Å². The number of hydrogen-bond acceptors (Lipinski definition) is 5. The minimum atomic E-state index is 0.0441. The summed E-state index contributed by atoms with van der Waals surface area (Å²) in [4.78, 5) is 9.03. The van der Waals surface area contributed by atoms with Gasteiger partial charge in [0, 0.05) is 35.9 Å². The molecule has 1 unspecified atom stereocenters. The number of nitrogens with zero attached hydrogens (tertiary/aromatic N) is 2. The highest BCUT2D eigenvalue weighted by atomic mass is 79.9. The second-order valence-corrected chi connectivity index (χ2v) is 6.89. The highest BCUT2D eigenvalue weighted by Crippen LogP contribution is 2.28. The molecule has 6 heteroatoms. The first-order chi connectivity index (χ1) is 10.1. The Morgan fingerprint density at radius 2 is 2.19 bits per heavy atom. The zero-order valence-electron chi connectivity index (χ0n) is 12.5. The van der Waals surface area contributed by atoms with Crippen LogP contribution in [-0.4, -0.2) is 30.2 Å². The molecule has 1 atom stereocenters. The van der Waals surface area contributed by atoms with Gasteiger partial charge in [0.1, 0.15) is 5.01 Å². The largest absolute Gasteiger partial charge is 0.383 e. The highest BCUT2D eigenvalue weighted by Gasteiger charge is 2.19. The van der Waals surface area contributed by atoms with Crippen LogP contribution >= 0.6 is 27.3 Å². The van der Waals surface area contributed by atoms with Crippen LogP contribution in [0.2, 0.25) is 0 Å². The van der Waals surface area contributed by atoms with Crippen molar-refractivity contribution in [1.29, 1.82) is 0 Å². The third-order valence-corrected chi connectivity index (χ3v) is 4.45. The van der Waals surface area contributed by atoms with Gasteiger partial charge in [0.2, 0.25) is 0 Å². The second kappa shape index (κ2) is 7.98. The standard InChI is InChI=1S/C15H20BrN3OS/c1-10(2)13-9-21-15(19-13)14(18-4-5-20-3)11-6-12(16)8-17-7-11/h6-10,14,18H,4-5H2,1-3H3. The number of ether oxygens (including phenoxy) is 1. The minimum Gasteiger partial charge on any atom is -0.383 e. The van der Waals surface area contributed by atoms with Crippen LogP contribution in [0.5, 0.6) is 0 Å². The van der Waals surface area contributed by atoms with Crippen molar-refractivity contribution < 1.29 is 4.74 Å². The summed E-state index contributed by atoms with van der Waals surface area (Å²) in [5.74, 6) is 0.440. The number of methoxy groups -OCH3 is 1. The van der Waals surface area contributed by atoms with Crippen LogP contribution < -0.4 is 5.32 Å². The molecule has 0 spiro atoms. The normalized spacial score (nSPS) is 12.8. The third-order valence-electron chi connectivity index (χ3n) is 3.09. The topological polar surface area (TPSA) is 47.0 Å². The number of thiazole rings is 1. The molecular weight excluding hydrogens is 350 g/mol. The zero-order valence-corrected chi connectivity index (χ0v) is 14.9. The molecular formula is C15H20BrN3OS. The Kier molecular flexibility index (Phi) is 6.29. The number of nitrogens with one attached hydrogen (secondary N) is 1. The molecule has 0 amide bonds. The van der Waals surface area contributed by atoms with E-state index in [2.05, 4.69) is 51.5 Å². The van der Waals surface area contributed by atoms with Crippen molar-refractivity contribution in [3.05, 3.63) is 44.6 Å². The first-order valence-corrected chi connectivity index (χ1v) is 8.57. The maximum absolute atomic E-state index is 5.13. The van der Waals surface area contributed by atoms with Gasteiger partial charge in [0.15, 0.2) is 0 Å². The number of pyridine rings is 1. The molecule has 0 saturated carbocycles. The molecule has 0 aliphatic heterocycles. The maximum atomic E-state index is 5.13. The predicted octanol–water partition coefficient (Wildman–Crippen LogP) is 3.75. The fraction of sp³-hybridized carbons (Fsp3) is 0.467. The van der Waals surface area contributed by atoms with Gasteiger partial charge in [-0.1, -0.05) is 13.8 Å². The molecule has 0 fully saturated rings. The lowest BCUT2D eigenvalue weighted by atomic mass is 10.1. The summed E-state index contributed by atoms with van der Waals surface area (Å²) in [6.45, 7) is 5.75. The van der Waals surface area contributed by atoms with Gasteiger partial charge in [0.05, 0.1) is 18.3 Å². The van der Waals surface area contributed by atoms with Crippen molar-refractivity contribution in [3.63, 3.8) is 0 Å². The third kappa shape index (κ3) is 4.57. The molecule has 1 N–H and O–H groups in total. The average Bonchev–Trinajstić information content (AvgIpc) is 2.93. The zero-order chi connectivity index (χ0) is 15.2. The van der Waals surface area contributed by atoms with Crippen molar-refractivity contribution in [2.75, 3.05) is 20.3 Å². The van der Waals surface area contributed by atoms with Gasteiger partial charge < -0.3 is 10.1 Å². The number of hydrogen-bond donors (Lipinski definition) is 1. The van der Waals surface area contributed by atoms with Crippen LogP contribution in [0.15, 0.2) is 28.3 Å². The molecule has 21 heavy (non-hydrogen) atoms. The van der Waals surface area contributed by atoms with E-state index in [0.29, 0.717) is 12.5 Å². The molecule has 0 radical (unpaired) electrons. The van der Waals surface area contributed by atoms with Crippen LogP contribution in [0, 0.1) is 0 Å². The fourth-order valence-corrected chi connectivity index (χ4v) is 3.40. The molecule has 0 saturated heterocycles. The summed E-state index contributed by atoms with van der Waals surface area (Å²) in [6, 6.07) is 2.12. The maximum Gasteiger partial charge on any atom is 0.114 e. The van der Waals surface area contributed by atoms with Gasteiger partial charge in [0.25, 0.3) is 0 Å². The Morgan fingerprint density at radius 1 is 1.38 bits per heavy atom. The van der Waals surface area contributed by atoms with Crippen LogP contribution in [0.3, 0.4) is 0 Å². The first-order valence-electron chi connectivity index (χ1n) is 6.90. The second-order valence-electron chi connectivity index (χ2n) is 5.08. The van der Waals surface area contributed by atoms with E-state index in [1.165, 1.54) is 0 Å². The highest BCUT2D eigenvalue weighted by molar-refractivity contribution is 9.10. The quantitative estimate of drug-likeness (QED) is 0.754. The van der Waals surface area contributed by atoms with Crippen molar-refractivity contribution in [1.82, 2.24) is 15.3 Å². The van der Waals surface area contributed by atoms with Crippen LogP contribution in [-0.2, 0) is 4.74 Å². The van der Waals surface area contributed by atoms with E-state index in [4.69, 9.17) is 9.72 Å². The molecule has 2 aromatic rings. The van der Waals surface area contributed by atoms with Gasteiger partial charge in [-0.25, -0.2) is 4.98 Å². The van der Waals surface area contributed by atoms with Crippen molar-refractivity contribution in [3.8, 4) is 0 Å². The van der Waals surface area contributed by atoms with Gasteiger partial charge >= 0.3 is 0 Å². The van der Waals surface area contributed by atoms with E-state index in [-0.39, 0.29) is 6.04 Å². The van der Waals surface area contributed by atoms with E-state index in [9.17, 15) is 0 Å². The lowest BCUT2D eigenvalue weighted by Crippen LogP contribution is -2.26. The number of rotatable bonds is 7. The van der Waals surface area contributed by atoms with E-state index < -0.39 is 0 Å². The van der Waals surface area contributed by atoms with E-state index in [1.807, 2.05) is 6.20 Å². The molecule has 0 bridgehead atoms. The Morgan fingerprint density at radius 3 is 2.81 bits per heavy atom. The lowest BCUT2D eigenvalue weighted by Gasteiger charge is -2.17. The van der Waals surface area contributed by atoms with E-state index in [1.54, 1.807) is 24.6 Å². The van der Waals surface area contributed by atoms with Crippen molar-refractivity contribution in [2.24, 2.45) is 0 Å². The Balaban J connectivity index is 2.26. The number of halogens is 1. The predicted molar refractivity (Wildman–Crippen MR) is 89.9 cm³/mol. The molecule has 2 heterocycles. The first kappa shape index (κ1) is 16.5. The molecule has 0 aliphatic carbocycles. The molecule has 2 aromatic heterocycles. The molecule has 0 aliphatic rings. The summed E-state index contributed by atoms with van der Waals surface area (Å²) >= 11 is 5.17. The monoisotopic (exact) mass is 369 g/mol. The smallest absolute Gasteiger partial charge is 0.114 e. The van der Waals surface area contributed by atoms with Gasteiger partial charge in [-0.15, -0.1) is 11.3 Å². The van der Waals surface area contributed by atoms with Gasteiger partial charge in [-0.05, 0) is 33.5 Å². The van der Waals surface area contributed by atoms with E-state index >= 15 is 0 Å². The van der Waals surface area contributed by atoms with Crippen LogP contribution in [0.25, 0.3) is 0 Å². The summed E-state index contributed by atoms with van der Waals surface area (Å²) in [7, 11) is 1.71. The Hall–Kier alpha value is -0.820. The van der Waals surface area contributed by atoms with Crippen LogP contribution in [0.1, 0.15) is 42.1 Å².